The van der Waals surface area contributed by atoms with Gasteiger partial charge in [0.25, 0.3) is 0 Å². The van der Waals surface area contributed by atoms with Gasteiger partial charge in [0.15, 0.2) is 0 Å². The van der Waals surface area contributed by atoms with E-state index in [9.17, 15) is 0 Å². The number of anilines is 1. The number of allylic oxidation sites excluding steroid dienone is 1. The molecule has 0 aromatic heterocycles. The summed E-state index contributed by atoms with van der Waals surface area (Å²) in [6.45, 7) is 8.15. The highest BCUT2D eigenvalue weighted by atomic mass is 15.2. The Kier molecular flexibility index (Phi) is 8.04. The van der Waals surface area contributed by atoms with Gasteiger partial charge in [0.1, 0.15) is 11.5 Å². The Morgan fingerprint density at radius 2 is 2.04 bits per heavy atom. The Morgan fingerprint density at radius 3 is 2.70 bits per heavy atom. The van der Waals surface area contributed by atoms with Gasteiger partial charge >= 0.3 is 0 Å². The van der Waals surface area contributed by atoms with Gasteiger partial charge < -0.3 is 16.0 Å². The molecule has 0 spiro atoms. The van der Waals surface area contributed by atoms with E-state index in [-0.39, 0.29) is 0 Å². The fraction of sp³-hybridized carbons (Fsp3) is 0.545. The Hall–Kier alpha value is -2.14. The molecule has 0 aliphatic carbocycles. The molecule has 1 unspecified atom stereocenters. The molecule has 27 heavy (non-hydrogen) atoms. The molecule has 1 aliphatic rings. The number of nitrogens with one attached hydrogen (secondary N) is 1. The van der Waals surface area contributed by atoms with Crippen molar-refractivity contribution >= 4 is 17.1 Å². The predicted molar refractivity (Wildman–Crippen MR) is 118 cm³/mol. The van der Waals surface area contributed by atoms with Crippen molar-refractivity contribution in [2.24, 2.45) is 21.6 Å². The van der Waals surface area contributed by atoms with Gasteiger partial charge in [0.05, 0.1) is 5.71 Å². The lowest BCUT2D eigenvalue weighted by Crippen LogP contribution is -2.39. The second-order valence-corrected chi connectivity index (χ2v) is 7.34. The minimum absolute atomic E-state index is 0.562. The monoisotopic (exact) mass is 369 g/mol. The number of rotatable bonds is 8. The van der Waals surface area contributed by atoms with Crippen LogP contribution in [0.3, 0.4) is 0 Å². The quantitative estimate of drug-likeness (QED) is 0.686. The maximum atomic E-state index is 6.72. The molecule has 1 heterocycles. The topological polar surface area (TPSA) is 66.0 Å². The van der Waals surface area contributed by atoms with E-state index in [0.717, 1.165) is 55.9 Å². The molecule has 5 nitrogen and oxygen atoms in total. The van der Waals surface area contributed by atoms with Crippen molar-refractivity contribution in [3.63, 3.8) is 0 Å². The van der Waals surface area contributed by atoms with Gasteiger partial charge in [0.2, 0.25) is 0 Å². The number of nitrogens with zero attached hydrogens (tertiary/aromatic N) is 3. The minimum atomic E-state index is 0.562. The van der Waals surface area contributed by atoms with Gasteiger partial charge in [0, 0.05) is 25.0 Å². The molecule has 0 fully saturated rings. The molecule has 5 heteroatoms. The van der Waals surface area contributed by atoms with Gasteiger partial charge in [-0.2, -0.15) is 0 Å². The number of hydrogen-bond donors (Lipinski definition) is 2. The van der Waals surface area contributed by atoms with Crippen LogP contribution >= 0.6 is 0 Å². The van der Waals surface area contributed by atoms with Crippen LogP contribution < -0.4 is 16.0 Å². The van der Waals surface area contributed by atoms with E-state index in [1.807, 2.05) is 14.0 Å². The first-order valence-electron chi connectivity index (χ1n) is 9.99. The van der Waals surface area contributed by atoms with Crippen LogP contribution in [0.4, 0.5) is 5.69 Å². The first-order chi connectivity index (χ1) is 13.0. The number of hydrogen-bond acceptors (Lipinski definition) is 5. The average molecular weight is 370 g/mol. The van der Waals surface area contributed by atoms with Crippen molar-refractivity contribution in [2.75, 3.05) is 32.1 Å². The molecular formula is C22H35N5. The van der Waals surface area contributed by atoms with Crippen molar-refractivity contribution in [3.8, 4) is 0 Å². The maximum absolute atomic E-state index is 6.72. The summed E-state index contributed by atoms with van der Waals surface area (Å²) >= 11 is 0. The van der Waals surface area contributed by atoms with E-state index in [4.69, 9.17) is 10.7 Å². The molecule has 2 rings (SSSR count). The fourth-order valence-corrected chi connectivity index (χ4v) is 3.61. The molecule has 0 bridgehead atoms. The Morgan fingerprint density at radius 1 is 1.30 bits per heavy atom. The minimum Gasteiger partial charge on any atom is -0.383 e. The van der Waals surface area contributed by atoms with Crippen LogP contribution in [0.1, 0.15) is 45.6 Å². The highest BCUT2D eigenvalue weighted by Gasteiger charge is 2.27. The van der Waals surface area contributed by atoms with Gasteiger partial charge in [-0.15, -0.1) is 0 Å². The van der Waals surface area contributed by atoms with Crippen molar-refractivity contribution < 1.29 is 0 Å². The van der Waals surface area contributed by atoms with Crippen LogP contribution in [0.2, 0.25) is 0 Å². The molecule has 1 aliphatic heterocycles. The van der Waals surface area contributed by atoms with Crippen molar-refractivity contribution in [1.82, 2.24) is 5.32 Å². The van der Waals surface area contributed by atoms with Crippen LogP contribution in [0, 0.1) is 5.92 Å². The third-order valence-corrected chi connectivity index (χ3v) is 5.16. The average Bonchev–Trinajstić information content (AvgIpc) is 2.69. The first kappa shape index (κ1) is 21.2. The Labute approximate surface area is 164 Å². The maximum Gasteiger partial charge on any atom is 0.132 e. The van der Waals surface area contributed by atoms with Gasteiger partial charge in [-0.3, -0.25) is 9.98 Å². The highest BCUT2D eigenvalue weighted by molar-refractivity contribution is 6.01. The van der Waals surface area contributed by atoms with Gasteiger partial charge in [-0.05, 0) is 64.3 Å². The van der Waals surface area contributed by atoms with Crippen LogP contribution in [0.5, 0.6) is 0 Å². The number of nitrogens with two attached hydrogens (primary N) is 1. The van der Waals surface area contributed by atoms with E-state index >= 15 is 0 Å². The van der Waals surface area contributed by atoms with E-state index in [2.05, 4.69) is 53.3 Å². The van der Waals surface area contributed by atoms with Crippen LogP contribution in [0.25, 0.3) is 0 Å². The number of aliphatic imine (C=N–C) groups is 2. The standard InChI is InChI=1S/C22H35N5/c1-6-9-16(2)26-21(17(3)25-5)22(23)27-15-18(12-13-24-4)14-19-10-7-8-11-20(19)27/h7-8,10-11,18,24H,6,9,12-15,23H2,1-5H3/b22-21-,25-17-,26-16+. The number of benzene rings is 1. The summed E-state index contributed by atoms with van der Waals surface area (Å²) in [6.07, 6.45) is 4.26. The second-order valence-electron chi connectivity index (χ2n) is 7.34. The zero-order valence-electron chi connectivity index (χ0n) is 17.5. The molecule has 1 aromatic rings. The normalized spacial score (nSPS) is 19.0. The zero-order chi connectivity index (χ0) is 19.8. The van der Waals surface area contributed by atoms with Gasteiger partial charge in [-0.25, -0.2) is 0 Å². The number of fused-ring (bicyclic) bond motifs is 1. The van der Waals surface area contributed by atoms with Crippen LogP contribution in [-0.2, 0) is 6.42 Å². The lowest BCUT2D eigenvalue weighted by Gasteiger charge is -2.36. The van der Waals surface area contributed by atoms with E-state index in [1.54, 1.807) is 7.05 Å². The third kappa shape index (κ3) is 5.42. The fourth-order valence-electron chi connectivity index (χ4n) is 3.61. The summed E-state index contributed by atoms with van der Waals surface area (Å²) in [6, 6.07) is 8.57. The molecule has 0 radical (unpaired) electrons. The van der Waals surface area contributed by atoms with E-state index < -0.39 is 0 Å². The molecule has 148 valence electrons. The predicted octanol–water partition coefficient (Wildman–Crippen LogP) is 3.75. The van der Waals surface area contributed by atoms with Crippen molar-refractivity contribution in [1.29, 1.82) is 0 Å². The largest absolute Gasteiger partial charge is 0.383 e. The van der Waals surface area contributed by atoms with Crippen molar-refractivity contribution in [3.05, 3.63) is 41.3 Å². The summed E-state index contributed by atoms with van der Waals surface area (Å²) in [5.41, 5.74) is 12.0. The van der Waals surface area contributed by atoms with Crippen LogP contribution in [0.15, 0.2) is 45.8 Å². The second kappa shape index (κ2) is 10.3. The molecular weight excluding hydrogens is 334 g/mol. The smallest absolute Gasteiger partial charge is 0.132 e. The van der Waals surface area contributed by atoms with Crippen molar-refractivity contribution in [2.45, 2.75) is 46.5 Å². The summed E-state index contributed by atoms with van der Waals surface area (Å²) in [5.74, 6) is 1.27. The molecule has 0 saturated heterocycles. The molecule has 3 N–H and O–H groups in total. The summed E-state index contributed by atoms with van der Waals surface area (Å²) < 4.78 is 0. The Bertz CT molecular complexity index is 717. The molecule has 1 aromatic carbocycles. The number of para-hydroxylation sites is 1. The van der Waals surface area contributed by atoms with E-state index in [0.29, 0.717) is 11.7 Å². The third-order valence-electron chi connectivity index (χ3n) is 5.16. The zero-order valence-corrected chi connectivity index (χ0v) is 17.5. The lowest BCUT2D eigenvalue weighted by atomic mass is 9.90. The molecule has 0 amide bonds. The highest BCUT2D eigenvalue weighted by Crippen LogP contribution is 2.33. The SMILES string of the molecule is CCC/C(C)=N/C(C(/C)=N\C)=C(/N)N1CC(CCNC)Cc2ccccc21. The summed E-state index contributed by atoms with van der Waals surface area (Å²) in [5, 5.41) is 3.27. The van der Waals surface area contributed by atoms with Crippen LogP contribution in [-0.4, -0.2) is 38.6 Å². The summed E-state index contributed by atoms with van der Waals surface area (Å²) in [4.78, 5) is 11.5. The Balaban J connectivity index is 2.49. The van der Waals surface area contributed by atoms with Gasteiger partial charge in [-0.1, -0.05) is 31.5 Å². The lowest BCUT2D eigenvalue weighted by molar-refractivity contribution is 0.459. The van der Waals surface area contributed by atoms with E-state index in [1.165, 1.54) is 11.3 Å². The summed E-state index contributed by atoms with van der Waals surface area (Å²) in [7, 11) is 3.81. The molecule has 1 atom stereocenters. The molecule has 0 saturated carbocycles. The first-order valence-corrected chi connectivity index (χ1v) is 9.99.